The SMILES string of the molecule is Cc1ccc(C(=O)N(C)Cc2ccc(Br)o2)cn1. The molecule has 0 atom stereocenters. The van der Waals surface area contributed by atoms with Gasteiger partial charge in [-0.05, 0) is 47.1 Å². The van der Waals surface area contributed by atoms with Crippen LogP contribution in [0.15, 0.2) is 39.5 Å². The molecular weight excluding hydrogens is 296 g/mol. The van der Waals surface area contributed by atoms with Gasteiger partial charge in [0.25, 0.3) is 5.91 Å². The first-order valence-electron chi connectivity index (χ1n) is 5.48. The fourth-order valence-corrected chi connectivity index (χ4v) is 1.90. The summed E-state index contributed by atoms with van der Waals surface area (Å²) < 4.78 is 6.03. The number of pyridine rings is 1. The molecule has 94 valence electrons. The van der Waals surface area contributed by atoms with Crippen molar-refractivity contribution in [3.05, 3.63) is 52.1 Å². The van der Waals surface area contributed by atoms with Crippen molar-refractivity contribution < 1.29 is 9.21 Å². The Hall–Kier alpha value is -1.62. The average Bonchev–Trinajstić information content (AvgIpc) is 2.75. The summed E-state index contributed by atoms with van der Waals surface area (Å²) in [7, 11) is 1.73. The molecule has 0 radical (unpaired) electrons. The number of aromatic nitrogens is 1. The van der Waals surface area contributed by atoms with Crippen LogP contribution in [0.3, 0.4) is 0 Å². The Bertz CT molecular complexity index is 548. The molecule has 0 saturated carbocycles. The van der Waals surface area contributed by atoms with Gasteiger partial charge in [0.15, 0.2) is 4.67 Å². The van der Waals surface area contributed by atoms with Crippen LogP contribution in [-0.2, 0) is 6.54 Å². The van der Waals surface area contributed by atoms with Crippen molar-refractivity contribution >= 4 is 21.8 Å². The lowest BCUT2D eigenvalue weighted by atomic mass is 10.2. The molecule has 0 unspecified atom stereocenters. The summed E-state index contributed by atoms with van der Waals surface area (Å²) >= 11 is 3.23. The number of nitrogens with zero attached hydrogens (tertiary/aromatic N) is 2. The van der Waals surface area contributed by atoms with Gasteiger partial charge in [-0.25, -0.2) is 0 Å². The number of carbonyl (C=O) groups is 1. The van der Waals surface area contributed by atoms with Gasteiger partial charge in [-0.2, -0.15) is 0 Å². The van der Waals surface area contributed by atoms with E-state index in [4.69, 9.17) is 4.42 Å². The smallest absolute Gasteiger partial charge is 0.255 e. The lowest BCUT2D eigenvalue weighted by molar-refractivity contribution is 0.0774. The number of furan rings is 1. The van der Waals surface area contributed by atoms with Crippen LogP contribution in [0.2, 0.25) is 0 Å². The Balaban J connectivity index is 2.07. The van der Waals surface area contributed by atoms with Gasteiger partial charge in [0.05, 0.1) is 12.1 Å². The van der Waals surface area contributed by atoms with E-state index in [-0.39, 0.29) is 5.91 Å². The van der Waals surface area contributed by atoms with Gasteiger partial charge in [-0.1, -0.05) is 0 Å². The first-order chi connectivity index (χ1) is 8.56. The van der Waals surface area contributed by atoms with Crippen molar-refractivity contribution in [1.29, 1.82) is 0 Å². The van der Waals surface area contributed by atoms with Crippen LogP contribution in [-0.4, -0.2) is 22.8 Å². The molecule has 0 N–H and O–H groups in total. The molecule has 18 heavy (non-hydrogen) atoms. The molecule has 0 aliphatic rings. The highest BCUT2D eigenvalue weighted by molar-refractivity contribution is 9.10. The van der Waals surface area contributed by atoms with Gasteiger partial charge in [-0.3, -0.25) is 9.78 Å². The monoisotopic (exact) mass is 308 g/mol. The maximum atomic E-state index is 12.1. The molecular formula is C13H13BrN2O2. The largest absolute Gasteiger partial charge is 0.452 e. The van der Waals surface area contributed by atoms with Crippen LogP contribution in [0.25, 0.3) is 0 Å². The minimum atomic E-state index is -0.0741. The molecule has 4 nitrogen and oxygen atoms in total. The van der Waals surface area contributed by atoms with E-state index in [0.717, 1.165) is 11.5 Å². The van der Waals surface area contributed by atoms with Crippen molar-refractivity contribution in [3.63, 3.8) is 0 Å². The van der Waals surface area contributed by atoms with Gasteiger partial charge in [-0.15, -0.1) is 0 Å². The fourth-order valence-electron chi connectivity index (χ4n) is 1.56. The molecule has 5 heteroatoms. The summed E-state index contributed by atoms with van der Waals surface area (Å²) in [4.78, 5) is 17.8. The Morgan fingerprint density at radius 2 is 2.17 bits per heavy atom. The third-order valence-corrected chi connectivity index (χ3v) is 2.95. The number of amides is 1. The van der Waals surface area contributed by atoms with Crippen LogP contribution >= 0.6 is 15.9 Å². The number of halogens is 1. The van der Waals surface area contributed by atoms with E-state index in [2.05, 4.69) is 20.9 Å². The third kappa shape index (κ3) is 2.98. The summed E-state index contributed by atoms with van der Waals surface area (Å²) in [6, 6.07) is 7.24. The van der Waals surface area contributed by atoms with Crippen molar-refractivity contribution in [1.82, 2.24) is 9.88 Å². The predicted molar refractivity (Wildman–Crippen MR) is 71.2 cm³/mol. The molecule has 2 aromatic rings. The zero-order valence-corrected chi connectivity index (χ0v) is 11.8. The Kier molecular flexibility index (Phi) is 3.81. The van der Waals surface area contributed by atoms with Gasteiger partial charge >= 0.3 is 0 Å². The van der Waals surface area contributed by atoms with Crippen LogP contribution in [0.4, 0.5) is 0 Å². The minimum absolute atomic E-state index is 0.0741. The van der Waals surface area contributed by atoms with E-state index in [1.54, 1.807) is 30.3 Å². The molecule has 2 heterocycles. The molecule has 1 amide bonds. The van der Waals surface area contributed by atoms with Gasteiger partial charge in [0.1, 0.15) is 5.76 Å². The molecule has 2 aromatic heterocycles. The van der Waals surface area contributed by atoms with Gasteiger partial charge in [0.2, 0.25) is 0 Å². The standard InChI is InChI=1S/C13H13BrN2O2/c1-9-3-4-10(7-15-9)13(17)16(2)8-11-5-6-12(14)18-11/h3-7H,8H2,1-2H3. The van der Waals surface area contributed by atoms with E-state index in [9.17, 15) is 4.79 Å². The molecule has 0 saturated heterocycles. The molecule has 0 aromatic carbocycles. The lowest BCUT2D eigenvalue weighted by Crippen LogP contribution is -2.26. The first kappa shape index (κ1) is 12.8. The molecule has 2 rings (SSSR count). The van der Waals surface area contributed by atoms with Crippen LogP contribution in [0, 0.1) is 6.92 Å². The first-order valence-corrected chi connectivity index (χ1v) is 6.28. The molecule has 0 bridgehead atoms. The number of aryl methyl sites for hydroxylation is 1. The second-order valence-electron chi connectivity index (χ2n) is 4.06. The van der Waals surface area contributed by atoms with Crippen molar-refractivity contribution in [2.24, 2.45) is 0 Å². The number of carbonyl (C=O) groups excluding carboxylic acids is 1. The fraction of sp³-hybridized carbons (Fsp3) is 0.231. The summed E-state index contributed by atoms with van der Waals surface area (Å²) in [5.74, 6) is 0.660. The van der Waals surface area contributed by atoms with E-state index < -0.39 is 0 Å². The Morgan fingerprint density at radius 3 is 2.72 bits per heavy atom. The summed E-state index contributed by atoms with van der Waals surface area (Å²) in [5, 5.41) is 0. The number of rotatable bonds is 3. The molecule has 0 aliphatic heterocycles. The highest BCUT2D eigenvalue weighted by atomic mass is 79.9. The van der Waals surface area contributed by atoms with E-state index in [1.165, 1.54) is 0 Å². The van der Waals surface area contributed by atoms with Gasteiger partial charge in [0, 0.05) is 18.9 Å². The van der Waals surface area contributed by atoms with Gasteiger partial charge < -0.3 is 9.32 Å². The molecule has 0 fully saturated rings. The third-order valence-electron chi connectivity index (χ3n) is 2.53. The second-order valence-corrected chi connectivity index (χ2v) is 4.84. The van der Waals surface area contributed by atoms with Crippen molar-refractivity contribution in [3.8, 4) is 0 Å². The maximum absolute atomic E-state index is 12.1. The predicted octanol–water partition coefficient (Wildman–Crippen LogP) is 3.02. The van der Waals surface area contributed by atoms with E-state index >= 15 is 0 Å². The van der Waals surface area contributed by atoms with Crippen LogP contribution < -0.4 is 0 Å². The zero-order chi connectivity index (χ0) is 13.1. The highest BCUT2D eigenvalue weighted by Gasteiger charge is 2.13. The maximum Gasteiger partial charge on any atom is 0.255 e. The summed E-state index contributed by atoms with van der Waals surface area (Å²) in [6.45, 7) is 2.32. The van der Waals surface area contributed by atoms with Crippen LogP contribution in [0.5, 0.6) is 0 Å². The van der Waals surface area contributed by atoms with Crippen molar-refractivity contribution in [2.75, 3.05) is 7.05 Å². The van der Waals surface area contributed by atoms with E-state index in [1.807, 2.05) is 19.1 Å². The molecule has 0 aliphatic carbocycles. The summed E-state index contributed by atoms with van der Waals surface area (Å²) in [5.41, 5.74) is 1.47. The Morgan fingerprint density at radius 1 is 1.39 bits per heavy atom. The zero-order valence-electron chi connectivity index (χ0n) is 10.2. The highest BCUT2D eigenvalue weighted by Crippen LogP contribution is 2.16. The Labute approximate surface area is 114 Å². The number of hydrogen-bond donors (Lipinski definition) is 0. The van der Waals surface area contributed by atoms with Crippen molar-refractivity contribution in [2.45, 2.75) is 13.5 Å². The topological polar surface area (TPSA) is 46.3 Å². The van der Waals surface area contributed by atoms with Crippen LogP contribution in [0.1, 0.15) is 21.8 Å². The summed E-state index contributed by atoms with van der Waals surface area (Å²) in [6.07, 6.45) is 1.59. The quantitative estimate of drug-likeness (QED) is 0.875. The molecule has 0 spiro atoms. The number of hydrogen-bond acceptors (Lipinski definition) is 3. The lowest BCUT2D eigenvalue weighted by Gasteiger charge is -2.15. The van der Waals surface area contributed by atoms with E-state index in [0.29, 0.717) is 16.8 Å². The minimum Gasteiger partial charge on any atom is -0.452 e. The normalized spacial score (nSPS) is 10.4. The second kappa shape index (κ2) is 5.35. The average molecular weight is 309 g/mol.